The van der Waals surface area contributed by atoms with Gasteiger partial charge in [0.2, 0.25) is 0 Å². The van der Waals surface area contributed by atoms with Gasteiger partial charge in [0.1, 0.15) is 11.5 Å². The Bertz CT molecular complexity index is 1490. The van der Waals surface area contributed by atoms with Gasteiger partial charge in [-0.25, -0.2) is 13.2 Å². The van der Waals surface area contributed by atoms with Crippen molar-refractivity contribution in [3.8, 4) is 11.3 Å². The molecule has 37 heavy (non-hydrogen) atoms. The minimum absolute atomic E-state index is 0.0335. The van der Waals surface area contributed by atoms with E-state index in [1.54, 1.807) is 18.2 Å². The van der Waals surface area contributed by atoms with Crippen LogP contribution in [-0.4, -0.2) is 45.4 Å². The van der Waals surface area contributed by atoms with Crippen LogP contribution in [0.25, 0.3) is 22.0 Å². The lowest BCUT2D eigenvalue weighted by Gasteiger charge is -2.22. The van der Waals surface area contributed by atoms with Gasteiger partial charge in [-0.15, -0.1) is 0 Å². The Kier molecular flexibility index (Phi) is 7.04. The number of alkyl halides is 2. The standard InChI is InChI=1S/C26H24F3N5O3/c27-19-8-16(7-18(9-19)25(35)31-11-15-2-5-37-6-3-15)14-34-4-1-17-10-22(30-12-20(17)26(34)36)21-13-32-33-23(21)24(28)29/h1,4,7-10,12-13,15,24H,2-3,5-6,11,14H2,(H,31,35)(H,32,33). The molecule has 1 amide bonds. The van der Waals surface area contributed by atoms with Crippen LogP contribution in [0.15, 0.2) is 53.7 Å². The Balaban J connectivity index is 1.36. The molecule has 4 heterocycles. The summed E-state index contributed by atoms with van der Waals surface area (Å²) in [6, 6.07) is 7.20. The molecule has 11 heteroatoms. The predicted molar refractivity (Wildman–Crippen MR) is 130 cm³/mol. The zero-order chi connectivity index (χ0) is 25.9. The Morgan fingerprint density at radius 1 is 1.19 bits per heavy atom. The molecule has 1 aromatic carbocycles. The normalized spacial score (nSPS) is 14.4. The summed E-state index contributed by atoms with van der Waals surface area (Å²) in [4.78, 5) is 29.9. The third-order valence-electron chi connectivity index (χ3n) is 6.49. The van der Waals surface area contributed by atoms with Gasteiger partial charge in [0.15, 0.2) is 0 Å². The molecule has 4 aromatic rings. The molecule has 1 aliphatic rings. The Morgan fingerprint density at radius 3 is 2.78 bits per heavy atom. The van der Waals surface area contributed by atoms with Crippen molar-refractivity contribution < 1.29 is 22.7 Å². The average molecular weight is 512 g/mol. The summed E-state index contributed by atoms with van der Waals surface area (Å²) < 4.78 is 47.5. The maximum absolute atomic E-state index is 14.4. The van der Waals surface area contributed by atoms with E-state index in [2.05, 4.69) is 20.5 Å². The summed E-state index contributed by atoms with van der Waals surface area (Å²) >= 11 is 0. The zero-order valence-electron chi connectivity index (χ0n) is 19.7. The van der Waals surface area contributed by atoms with Crippen LogP contribution in [0.5, 0.6) is 0 Å². The molecule has 0 atom stereocenters. The van der Waals surface area contributed by atoms with Crippen molar-refractivity contribution in [2.24, 2.45) is 5.92 Å². The first-order valence-corrected chi connectivity index (χ1v) is 11.9. The fraction of sp³-hybridized carbons (Fsp3) is 0.308. The quantitative estimate of drug-likeness (QED) is 0.390. The summed E-state index contributed by atoms with van der Waals surface area (Å²) in [6.45, 7) is 1.86. The number of benzene rings is 1. The van der Waals surface area contributed by atoms with E-state index in [4.69, 9.17) is 4.74 Å². The number of H-pyrrole nitrogens is 1. The fourth-order valence-corrected chi connectivity index (χ4v) is 4.48. The minimum Gasteiger partial charge on any atom is -0.381 e. The number of aromatic amines is 1. The number of nitrogens with zero attached hydrogens (tertiary/aromatic N) is 3. The van der Waals surface area contributed by atoms with Crippen molar-refractivity contribution in [1.29, 1.82) is 0 Å². The van der Waals surface area contributed by atoms with E-state index < -0.39 is 12.2 Å². The zero-order valence-corrected chi connectivity index (χ0v) is 19.7. The average Bonchev–Trinajstić information content (AvgIpc) is 3.40. The molecule has 1 aliphatic heterocycles. The monoisotopic (exact) mass is 511 g/mol. The minimum atomic E-state index is -2.75. The highest BCUT2D eigenvalue weighted by Crippen LogP contribution is 2.29. The van der Waals surface area contributed by atoms with Crippen LogP contribution in [-0.2, 0) is 11.3 Å². The van der Waals surface area contributed by atoms with E-state index >= 15 is 0 Å². The first-order valence-electron chi connectivity index (χ1n) is 11.9. The first-order chi connectivity index (χ1) is 17.9. The molecule has 0 spiro atoms. The third kappa shape index (κ3) is 5.41. The van der Waals surface area contributed by atoms with Gasteiger partial charge in [0, 0.05) is 43.3 Å². The number of halogens is 3. The molecule has 1 saturated heterocycles. The highest BCUT2D eigenvalue weighted by Gasteiger charge is 2.19. The molecule has 1 fully saturated rings. The molecule has 0 unspecified atom stereocenters. The van der Waals surface area contributed by atoms with Gasteiger partial charge in [-0.05, 0) is 60.0 Å². The lowest BCUT2D eigenvalue weighted by Crippen LogP contribution is -2.32. The number of carbonyl (C=O) groups excluding carboxylic acids is 1. The summed E-state index contributed by atoms with van der Waals surface area (Å²) in [7, 11) is 0. The summed E-state index contributed by atoms with van der Waals surface area (Å²) in [5.41, 5.74) is 0.310. The van der Waals surface area contributed by atoms with E-state index in [0.29, 0.717) is 36.6 Å². The molecular formula is C26H24F3N5O3. The van der Waals surface area contributed by atoms with Crippen LogP contribution in [0.2, 0.25) is 0 Å². The SMILES string of the molecule is O=C(NCC1CCOCC1)c1cc(F)cc(Cn2ccc3cc(-c4cn[nH]c4C(F)F)ncc3c2=O)c1. The third-order valence-corrected chi connectivity index (χ3v) is 6.49. The highest BCUT2D eigenvalue weighted by atomic mass is 19.3. The molecule has 192 valence electrons. The number of rotatable bonds is 7. The van der Waals surface area contributed by atoms with Gasteiger partial charge in [0.25, 0.3) is 17.9 Å². The van der Waals surface area contributed by atoms with Crippen molar-refractivity contribution >= 4 is 16.7 Å². The number of fused-ring (bicyclic) bond motifs is 1. The van der Waals surface area contributed by atoms with Crippen LogP contribution in [0.3, 0.4) is 0 Å². The highest BCUT2D eigenvalue weighted by molar-refractivity contribution is 5.94. The molecule has 0 radical (unpaired) electrons. The van der Waals surface area contributed by atoms with Gasteiger partial charge >= 0.3 is 0 Å². The number of pyridine rings is 2. The molecule has 0 bridgehead atoms. The number of aromatic nitrogens is 4. The number of hydrogen-bond donors (Lipinski definition) is 2. The number of ether oxygens (including phenoxy) is 1. The number of amides is 1. The molecule has 8 nitrogen and oxygen atoms in total. The lowest BCUT2D eigenvalue weighted by molar-refractivity contribution is 0.0642. The van der Waals surface area contributed by atoms with Crippen LogP contribution >= 0.6 is 0 Å². The molecule has 3 aromatic heterocycles. The second kappa shape index (κ2) is 10.6. The second-order valence-electron chi connectivity index (χ2n) is 9.02. The fourth-order valence-electron chi connectivity index (χ4n) is 4.48. The Hall–Kier alpha value is -3.99. The lowest BCUT2D eigenvalue weighted by atomic mass is 10.0. The van der Waals surface area contributed by atoms with Crippen LogP contribution in [0.1, 0.15) is 40.9 Å². The summed E-state index contributed by atoms with van der Waals surface area (Å²) in [5.74, 6) is -0.632. The summed E-state index contributed by atoms with van der Waals surface area (Å²) in [5, 5.41) is 9.59. The van der Waals surface area contributed by atoms with Crippen molar-refractivity contribution in [3.63, 3.8) is 0 Å². The number of hydrogen-bond acceptors (Lipinski definition) is 5. The first kappa shape index (κ1) is 24.7. The molecule has 2 N–H and O–H groups in total. The molecule has 5 rings (SSSR count). The van der Waals surface area contributed by atoms with Crippen molar-refractivity contribution in [3.05, 3.63) is 81.9 Å². The molecule has 0 aliphatic carbocycles. The van der Waals surface area contributed by atoms with Gasteiger partial charge < -0.3 is 14.6 Å². The van der Waals surface area contributed by atoms with Crippen molar-refractivity contribution in [2.45, 2.75) is 25.8 Å². The van der Waals surface area contributed by atoms with Crippen molar-refractivity contribution in [1.82, 2.24) is 25.1 Å². The number of carbonyl (C=O) groups is 1. The van der Waals surface area contributed by atoms with Gasteiger partial charge in [-0.3, -0.25) is 19.7 Å². The van der Waals surface area contributed by atoms with Crippen LogP contribution in [0, 0.1) is 11.7 Å². The Labute approximate surface area is 209 Å². The molecule has 0 saturated carbocycles. The predicted octanol–water partition coefficient (Wildman–Crippen LogP) is 4.07. The van der Waals surface area contributed by atoms with E-state index in [9.17, 15) is 22.8 Å². The summed E-state index contributed by atoms with van der Waals surface area (Å²) in [6.07, 6.45) is 3.11. The second-order valence-corrected chi connectivity index (χ2v) is 9.02. The van der Waals surface area contributed by atoms with E-state index in [1.165, 1.54) is 35.3 Å². The maximum atomic E-state index is 14.4. The van der Waals surface area contributed by atoms with Gasteiger partial charge in [-0.1, -0.05) is 0 Å². The largest absolute Gasteiger partial charge is 0.381 e. The topological polar surface area (TPSA) is 102 Å². The number of nitrogens with one attached hydrogen (secondary N) is 2. The van der Waals surface area contributed by atoms with Gasteiger partial charge in [-0.2, -0.15) is 5.10 Å². The van der Waals surface area contributed by atoms with Crippen molar-refractivity contribution in [2.75, 3.05) is 19.8 Å². The maximum Gasteiger partial charge on any atom is 0.280 e. The smallest absolute Gasteiger partial charge is 0.280 e. The van der Waals surface area contributed by atoms with Crippen LogP contribution < -0.4 is 10.9 Å². The van der Waals surface area contributed by atoms with Gasteiger partial charge in [0.05, 0.1) is 23.8 Å². The Morgan fingerprint density at radius 2 is 2.00 bits per heavy atom. The molecular weight excluding hydrogens is 487 g/mol. The van der Waals surface area contributed by atoms with E-state index in [0.717, 1.165) is 12.8 Å². The van der Waals surface area contributed by atoms with E-state index in [1.807, 2.05) is 0 Å². The van der Waals surface area contributed by atoms with E-state index in [-0.39, 0.29) is 45.9 Å². The van der Waals surface area contributed by atoms with Crippen LogP contribution in [0.4, 0.5) is 13.2 Å².